The van der Waals surface area contributed by atoms with Gasteiger partial charge in [-0.2, -0.15) is 0 Å². The average molecular weight is 415 g/mol. The Balaban J connectivity index is 1.81. The summed E-state index contributed by atoms with van der Waals surface area (Å²) in [5.74, 6) is -1.92. The third-order valence-corrected chi connectivity index (χ3v) is 4.51. The molecule has 0 heterocycles. The van der Waals surface area contributed by atoms with E-state index in [0.29, 0.717) is 10.6 Å². The Morgan fingerprint density at radius 1 is 0.897 bits per heavy atom. The zero-order valence-corrected chi connectivity index (χ0v) is 16.0. The predicted octanol–water partition coefficient (Wildman–Crippen LogP) is 4.90. The lowest BCUT2D eigenvalue weighted by molar-refractivity contribution is -0.117. The molecule has 0 aromatic heterocycles. The molecule has 148 valence electrons. The van der Waals surface area contributed by atoms with Crippen LogP contribution < -0.4 is 5.32 Å². The summed E-state index contributed by atoms with van der Waals surface area (Å²) in [6, 6.07) is 17.5. The fourth-order valence-electron chi connectivity index (χ4n) is 2.75. The number of hydrogen-bond acceptors (Lipinski definition) is 2. The second kappa shape index (κ2) is 9.30. The first-order chi connectivity index (χ1) is 13.9. The van der Waals surface area contributed by atoms with E-state index in [-0.39, 0.29) is 24.3 Å². The van der Waals surface area contributed by atoms with Gasteiger partial charge in [-0.3, -0.25) is 9.59 Å². The lowest BCUT2D eigenvalue weighted by Gasteiger charge is -2.23. The summed E-state index contributed by atoms with van der Waals surface area (Å²) in [6.45, 7) is -0.218. The zero-order valence-electron chi connectivity index (χ0n) is 15.2. The Bertz CT molecular complexity index is 1030. The molecule has 0 bridgehead atoms. The molecule has 29 heavy (non-hydrogen) atoms. The Labute approximate surface area is 171 Å². The van der Waals surface area contributed by atoms with E-state index < -0.39 is 23.4 Å². The number of anilines is 1. The summed E-state index contributed by atoms with van der Waals surface area (Å²) >= 11 is 6.19. The van der Waals surface area contributed by atoms with Crippen LogP contribution in [0.25, 0.3) is 0 Å². The zero-order chi connectivity index (χ0) is 20.8. The highest BCUT2D eigenvalue weighted by atomic mass is 35.5. The van der Waals surface area contributed by atoms with Gasteiger partial charge in [0.15, 0.2) is 0 Å². The van der Waals surface area contributed by atoms with E-state index in [9.17, 15) is 18.4 Å². The van der Waals surface area contributed by atoms with Crippen LogP contribution in [0.3, 0.4) is 0 Å². The van der Waals surface area contributed by atoms with Gasteiger partial charge in [0.1, 0.15) is 18.2 Å². The molecule has 2 amide bonds. The lowest BCUT2D eigenvalue weighted by Crippen LogP contribution is -2.37. The fraction of sp³-hybridized carbons (Fsp3) is 0.0909. The molecular weight excluding hydrogens is 398 g/mol. The molecule has 1 N–H and O–H groups in total. The van der Waals surface area contributed by atoms with Gasteiger partial charge in [-0.05, 0) is 54.1 Å². The third-order valence-electron chi connectivity index (χ3n) is 4.14. The van der Waals surface area contributed by atoms with Crippen LogP contribution in [0.1, 0.15) is 15.9 Å². The Hall–Kier alpha value is -3.25. The largest absolute Gasteiger partial charge is 0.325 e. The summed E-state index contributed by atoms with van der Waals surface area (Å²) in [7, 11) is 0. The Kier molecular flexibility index (Phi) is 6.57. The van der Waals surface area contributed by atoms with Crippen molar-refractivity contribution in [1.82, 2.24) is 4.90 Å². The van der Waals surface area contributed by atoms with Gasteiger partial charge in [-0.1, -0.05) is 35.9 Å². The number of rotatable bonds is 6. The van der Waals surface area contributed by atoms with E-state index in [0.717, 1.165) is 0 Å². The number of amides is 2. The highest BCUT2D eigenvalue weighted by Crippen LogP contribution is 2.19. The molecule has 4 nitrogen and oxygen atoms in total. The maximum Gasteiger partial charge on any atom is 0.254 e. The maximum absolute atomic E-state index is 13.3. The van der Waals surface area contributed by atoms with Crippen molar-refractivity contribution in [2.24, 2.45) is 0 Å². The van der Waals surface area contributed by atoms with E-state index >= 15 is 0 Å². The van der Waals surface area contributed by atoms with E-state index in [1.807, 2.05) is 0 Å². The van der Waals surface area contributed by atoms with Crippen LogP contribution >= 0.6 is 11.6 Å². The number of benzene rings is 3. The normalized spacial score (nSPS) is 10.4. The van der Waals surface area contributed by atoms with Crippen LogP contribution in [0, 0.1) is 11.6 Å². The van der Waals surface area contributed by atoms with Crippen molar-refractivity contribution < 1.29 is 18.4 Å². The minimum atomic E-state index is -0.502. The molecule has 3 aromatic rings. The standard InChI is InChI=1S/C22H17ClF2N2O2/c23-20-7-2-1-4-16(20)13-27(22(29)15-8-10-17(24)11-9-15)14-21(28)26-19-6-3-5-18(25)12-19/h1-12H,13-14H2,(H,26,28). The molecule has 0 aliphatic carbocycles. The van der Waals surface area contributed by atoms with E-state index in [2.05, 4.69) is 5.32 Å². The number of hydrogen-bond donors (Lipinski definition) is 1. The second-order valence-electron chi connectivity index (χ2n) is 6.32. The first-order valence-corrected chi connectivity index (χ1v) is 9.14. The van der Waals surface area contributed by atoms with Crippen molar-refractivity contribution in [3.63, 3.8) is 0 Å². The van der Waals surface area contributed by atoms with Gasteiger partial charge < -0.3 is 10.2 Å². The molecule has 7 heteroatoms. The number of halogens is 3. The van der Waals surface area contributed by atoms with Crippen molar-refractivity contribution in [2.75, 3.05) is 11.9 Å². The molecule has 0 fully saturated rings. The molecular formula is C22H17ClF2N2O2. The number of nitrogens with zero attached hydrogens (tertiary/aromatic N) is 1. The van der Waals surface area contributed by atoms with Gasteiger partial charge in [0.05, 0.1) is 0 Å². The molecule has 0 unspecified atom stereocenters. The van der Waals surface area contributed by atoms with Crippen LogP contribution in [0.5, 0.6) is 0 Å². The summed E-state index contributed by atoms with van der Waals surface area (Å²) in [5.41, 5.74) is 1.17. The van der Waals surface area contributed by atoms with Crippen molar-refractivity contribution in [1.29, 1.82) is 0 Å². The van der Waals surface area contributed by atoms with Crippen molar-refractivity contribution in [3.8, 4) is 0 Å². The summed E-state index contributed by atoms with van der Waals surface area (Å²) in [4.78, 5) is 26.7. The first-order valence-electron chi connectivity index (χ1n) is 8.76. The quantitative estimate of drug-likeness (QED) is 0.623. The smallest absolute Gasteiger partial charge is 0.254 e. The third kappa shape index (κ3) is 5.62. The van der Waals surface area contributed by atoms with Crippen LogP contribution in [0.2, 0.25) is 5.02 Å². The first kappa shape index (κ1) is 20.5. The minimum absolute atomic E-state index is 0.0758. The van der Waals surface area contributed by atoms with E-state index in [4.69, 9.17) is 11.6 Å². The molecule has 0 aliphatic heterocycles. The maximum atomic E-state index is 13.3. The van der Waals surface area contributed by atoms with Crippen LogP contribution in [-0.2, 0) is 11.3 Å². The molecule has 0 radical (unpaired) electrons. The summed E-state index contributed by atoms with van der Waals surface area (Å²) in [6.07, 6.45) is 0. The highest BCUT2D eigenvalue weighted by molar-refractivity contribution is 6.31. The molecule has 0 saturated carbocycles. The molecule has 3 rings (SSSR count). The van der Waals surface area contributed by atoms with E-state index in [1.165, 1.54) is 47.4 Å². The monoisotopic (exact) mass is 414 g/mol. The van der Waals surface area contributed by atoms with Crippen molar-refractivity contribution in [3.05, 3.63) is 101 Å². The van der Waals surface area contributed by atoms with Crippen molar-refractivity contribution >= 4 is 29.1 Å². The van der Waals surface area contributed by atoms with Crippen molar-refractivity contribution in [2.45, 2.75) is 6.54 Å². The molecule has 0 saturated heterocycles. The number of carbonyl (C=O) groups is 2. The van der Waals surface area contributed by atoms with Gasteiger partial charge in [-0.15, -0.1) is 0 Å². The van der Waals surface area contributed by atoms with Gasteiger partial charge in [0.25, 0.3) is 5.91 Å². The molecule has 0 spiro atoms. The second-order valence-corrected chi connectivity index (χ2v) is 6.73. The van der Waals surface area contributed by atoms with Gasteiger partial charge in [-0.25, -0.2) is 8.78 Å². The molecule has 3 aromatic carbocycles. The SMILES string of the molecule is O=C(CN(Cc1ccccc1Cl)C(=O)c1ccc(F)cc1)Nc1cccc(F)c1. The Morgan fingerprint density at radius 2 is 1.62 bits per heavy atom. The summed E-state index contributed by atoms with van der Waals surface area (Å²) < 4.78 is 26.5. The highest BCUT2D eigenvalue weighted by Gasteiger charge is 2.20. The number of nitrogens with one attached hydrogen (secondary N) is 1. The molecule has 0 atom stereocenters. The van der Waals surface area contributed by atoms with Gasteiger partial charge >= 0.3 is 0 Å². The Morgan fingerprint density at radius 3 is 2.31 bits per heavy atom. The molecule has 0 aliphatic rings. The minimum Gasteiger partial charge on any atom is -0.325 e. The van der Waals surface area contributed by atoms with E-state index in [1.54, 1.807) is 30.3 Å². The van der Waals surface area contributed by atoms with Crippen LogP contribution in [-0.4, -0.2) is 23.3 Å². The predicted molar refractivity (Wildman–Crippen MR) is 108 cm³/mol. The fourth-order valence-corrected chi connectivity index (χ4v) is 2.94. The van der Waals surface area contributed by atoms with Crippen LogP contribution in [0.4, 0.5) is 14.5 Å². The van der Waals surface area contributed by atoms with Gasteiger partial charge in [0, 0.05) is 22.8 Å². The average Bonchev–Trinajstić information content (AvgIpc) is 2.69. The van der Waals surface area contributed by atoms with Gasteiger partial charge in [0.2, 0.25) is 5.91 Å². The van der Waals surface area contributed by atoms with Crippen LogP contribution in [0.15, 0.2) is 72.8 Å². The number of carbonyl (C=O) groups excluding carboxylic acids is 2. The summed E-state index contributed by atoms with van der Waals surface area (Å²) in [5, 5.41) is 3.02. The topological polar surface area (TPSA) is 49.4 Å². The lowest BCUT2D eigenvalue weighted by atomic mass is 10.1.